The molecule has 9 nitrogen and oxygen atoms in total. The summed E-state index contributed by atoms with van der Waals surface area (Å²) >= 11 is 0. The Hall–Kier alpha value is -2.29. The smallest absolute Gasteiger partial charge is 0.462 e. The number of nitrogens with zero attached hydrogens (tertiary/aromatic N) is 1. The Bertz CT molecular complexity index is 1670. The minimum atomic E-state index is -4.39. The second-order valence-electron chi connectivity index (χ2n) is 27.0. The molecule has 0 heterocycles. The van der Waals surface area contributed by atoms with E-state index in [1.807, 2.05) is 21.1 Å². The van der Waals surface area contributed by atoms with Crippen LogP contribution in [0.25, 0.3) is 0 Å². The fraction of sp³-hybridized carbons (Fsp3) is 0.846. The fourth-order valence-electron chi connectivity index (χ4n) is 11.2. The Morgan fingerprint density at radius 1 is 0.352 bits per heavy atom. The Balaban J connectivity index is 3.93. The van der Waals surface area contributed by atoms with Gasteiger partial charge in [-0.1, -0.05) is 338 Å². The van der Waals surface area contributed by atoms with Gasteiger partial charge in [-0.3, -0.25) is 18.6 Å². The van der Waals surface area contributed by atoms with Crippen molar-refractivity contribution >= 4 is 19.8 Å². The molecule has 0 aromatic rings. The fourth-order valence-corrected chi connectivity index (χ4v) is 11.9. The van der Waals surface area contributed by atoms with Crippen molar-refractivity contribution in [2.24, 2.45) is 0 Å². The number of esters is 2. The van der Waals surface area contributed by atoms with Crippen molar-refractivity contribution in [3.05, 3.63) is 60.8 Å². The molecule has 1 N–H and O–H groups in total. The summed E-state index contributed by atoms with van der Waals surface area (Å²) in [5, 5.41) is 0. The number of carbonyl (C=O) groups is 2. The van der Waals surface area contributed by atoms with Crippen LogP contribution in [0.3, 0.4) is 0 Å². The maximum absolute atomic E-state index is 12.9. The Morgan fingerprint density at radius 2 is 0.614 bits per heavy atom. The van der Waals surface area contributed by atoms with Crippen molar-refractivity contribution in [1.29, 1.82) is 0 Å². The lowest BCUT2D eigenvalue weighted by Crippen LogP contribution is -2.37. The van der Waals surface area contributed by atoms with Gasteiger partial charge in [-0.15, -0.1) is 0 Å². The molecule has 0 bridgehead atoms. The third-order valence-corrected chi connectivity index (χ3v) is 18.0. The molecular weight excluding hydrogens is 1110 g/mol. The van der Waals surface area contributed by atoms with Gasteiger partial charge in [0.25, 0.3) is 0 Å². The van der Waals surface area contributed by atoms with Crippen LogP contribution in [0.1, 0.15) is 373 Å². The first-order chi connectivity index (χ1) is 43.0. The zero-order valence-corrected chi connectivity index (χ0v) is 59.9. The average molecular weight is 1260 g/mol. The lowest BCUT2D eigenvalue weighted by molar-refractivity contribution is -0.870. The summed E-state index contributed by atoms with van der Waals surface area (Å²) in [5.74, 6) is -0.780. The number of likely N-dealkylation sites (N-methyl/N-ethyl adjacent to an activating group) is 1. The van der Waals surface area contributed by atoms with Crippen LogP contribution in [-0.4, -0.2) is 74.9 Å². The molecule has 0 rings (SSSR count). The van der Waals surface area contributed by atoms with Crippen molar-refractivity contribution in [3.63, 3.8) is 0 Å². The highest BCUT2D eigenvalue weighted by molar-refractivity contribution is 7.47. The lowest BCUT2D eigenvalue weighted by atomic mass is 10.0. The largest absolute Gasteiger partial charge is 0.472 e. The van der Waals surface area contributed by atoms with E-state index in [-0.39, 0.29) is 25.6 Å². The molecule has 2 unspecified atom stereocenters. The van der Waals surface area contributed by atoms with Gasteiger partial charge in [-0.25, -0.2) is 4.57 Å². The number of allylic oxidation sites excluding steroid dienone is 10. The van der Waals surface area contributed by atoms with Gasteiger partial charge in [-0.05, 0) is 83.5 Å². The molecule has 0 aliphatic heterocycles. The van der Waals surface area contributed by atoms with Crippen molar-refractivity contribution in [3.8, 4) is 0 Å². The van der Waals surface area contributed by atoms with E-state index in [0.717, 1.165) is 51.4 Å². The molecule has 88 heavy (non-hydrogen) atoms. The second-order valence-corrected chi connectivity index (χ2v) is 28.5. The number of phosphoric ester groups is 1. The van der Waals surface area contributed by atoms with Crippen LogP contribution in [0.4, 0.5) is 0 Å². The topological polar surface area (TPSA) is 108 Å². The minimum absolute atomic E-state index is 0.0330. The first-order valence-electron chi connectivity index (χ1n) is 38.0. The SMILES string of the molecule is CCCCCCC/C=C\C/C=C\C/C=C\CCCCCCCCCCCCCCCCCCCCCCCCCCC(=O)OC(COC(=O)CCCCCCCCCCCCCCC/C=C\C/C=C\CCCCCCC)COP(=O)(O)OCC[N+](C)(C)C. The number of phosphoric acid groups is 1. The highest BCUT2D eigenvalue weighted by Gasteiger charge is 2.27. The summed E-state index contributed by atoms with van der Waals surface area (Å²) in [6.07, 6.45) is 92.1. The van der Waals surface area contributed by atoms with Crippen LogP contribution in [0.2, 0.25) is 0 Å². The first-order valence-corrected chi connectivity index (χ1v) is 39.5. The number of ether oxygens (including phenoxy) is 2. The van der Waals surface area contributed by atoms with Crippen LogP contribution >= 0.6 is 7.82 Å². The number of quaternary nitrogens is 1. The van der Waals surface area contributed by atoms with E-state index in [2.05, 4.69) is 74.6 Å². The molecule has 0 aliphatic rings. The number of carbonyl (C=O) groups excluding carboxylic acids is 2. The van der Waals surface area contributed by atoms with Gasteiger partial charge in [0.15, 0.2) is 6.10 Å². The van der Waals surface area contributed by atoms with Crippen molar-refractivity contribution in [2.75, 3.05) is 47.5 Å². The van der Waals surface area contributed by atoms with Crippen LogP contribution < -0.4 is 0 Å². The van der Waals surface area contributed by atoms with Gasteiger partial charge in [0.1, 0.15) is 19.8 Å². The second kappa shape index (κ2) is 69.1. The highest BCUT2D eigenvalue weighted by atomic mass is 31.2. The number of hydrogen-bond donors (Lipinski definition) is 1. The molecule has 0 fully saturated rings. The summed E-state index contributed by atoms with van der Waals surface area (Å²) in [6.45, 7) is 4.47. The molecule has 0 radical (unpaired) electrons. The van der Waals surface area contributed by atoms with Crippen molar-refractivity contribution < 1.29 is 42.1 Å². The maximum Gasteiger partial charge on any atom is 0.472 e. The van der Waals surface area contributed by atoms with E-state index in [9.17, 15) is 19.0 Å². The van der Waals surface area contributed by atoms with Gasteiger partial charge >= 0.3 is 19.8 Å². The van der Waals surface area contributed by atoms with E-state index in [1.165, 1.54) is 289 Å². The normalized spacial score (nSPS) is 13.4. The highest BCUT2D eigenvalue weighted by Crippen LogP contribution is 2.43. The molecule has 0 amide bonds. The van der Waals surface area contributed by atoms with E-state index in [1.54, 1.807) is 0 Å². The molecule has 0 saturated carbocycles. The molecule has 0 aliphatic carbocycles. The summed E-state index contributed by atoms with van der Waals surface area (Å²) in [5.41, 5.74) is 0. The van der Waals surface area contributed by atoms with Crippen LogP contribution in [-0.2, 0) is 32.7 Å². The van der Waals surface area contributed by atoms with Gasteiger partial charge in [0.05, 0.1) is 27.7 Å². The molecule has 0 spiro atoms. The summed E-state index contributed by atoms with van der Waals surface area (Å²) < 4.78 is 34.8. The standard InChI is InChI=1S/C78H146NO8P/c1-6-8-10-12-14-16-18-20-22-24-26-28-30-32-33-34-35-36-37-38-39-40-41-42-43-44-45-47-49-51-53-55-57-59-61-63-65-67-69-71-78(81)87-76(75-86-88(82,83)85-73-72-79(3,4)5)74-84-77(80)70-68-66-64-62-60-58-56-54-52-50-48-46-31-29-27-25-23-21-19-17-15-13-11-9-7-2/h18-21,24-27,30,32,76H,6-17,22-23,28-29,31,33-75H2,1-5H3/p+1/b20-18-,21-19-,26-24-,27-25-,32-30-. The molecule has 0 aromatic carbocycles. The molecule has 2 atom stereocenters. The number of hydrogen-bond acceptors (Lipinski definition) is 7. The summed E-state index contributed by atoms with van der Waals surface area (Å²) in [4.78, 5) is 35.9. The number of unbranched alkanes of at least 4 members (excludes halogenated alkanes) is 47. The Morgan fingerprint density at radius 3 is 0.909 bits per heavy atom. The molecule has 516 valence electrons. The zero-order chi connectivity index (χ0) is 64.1. The number of rotatable bonds is 71. The minimum Gasteiger partial charge on any atom is -0.462 e. The van der Waals surface area contributed by atoms with Crippen LogP contribution in [0.15, 0.2) is 60.8 Å². The monoisotopic (exact) mass is 1260 g/mol. The van der Waals surface area contributed by atoms with E-state index < -0.39 is 26.5 Å². The first kappa shape index (κ1) is 85.7. The third-order valence-electron chi connectivity index (χ3n) is 17.0. The van der Waals surface area contributed by atoms with E-state index in [4.69, 9.17) is 18.5 Å². The van der Waals surface area contributed by atoms with Crippen LogP contribution in [0.5, 0.6) is 0 Å². The van der Waals surface area contributed by atoms with Gasteiger partial charge in [-0.2, -0.15) is 0 Å². The zero-order valence-electron chi connectivity index (χ0n) is 59.0. The maximum atomic E-state index is 12.9. The quantitative estimate of drug-likeness (QED) is 0.0211. The van der Waals surface area contributed by atoms with Gasteiger partial charge < -0.3 is 18.9 Å². The Kier molecular flexibility index (Phi) is 67.3. The summed E-state index contributed by atoms with van der Waals surface area (Å²) in [6, 6.07) is 0. The predicted octanol–water partition coefficient (Wildman–Crippen LogP) is 24.9. The predicted molar refractivity (Wildman–Crippen MR) is 381 cm³/mol. The van der Waals surface area contributed by atoms with Gasteiger partial charge in [0, 0.05) is 12.8 Å². The third kappa shape index (κ3) is 72.8. The van der Waals surface area contributed by atoms with E-state index in [0.29, 0.717) is 23.9 Å². The molecule has 0 aromatic heterocycles. The van der Waals surface area contributed by atoms with Gasteiger partial charge in [0.2, 0.25) is 0 Å². The average Bonchev–Trinajstić information content (AvgIpc) is 3.68. The van der Waals surface area contributed by atoms with Crippen LogP contribution in [0, 0.1) is 0 Å². The molecule has 10 heteroatoms. The van der Waals surface area contributed by atoms with Crippen molar-refractivity contribution in [2.45, 2.75) is 380 Å². The lowest BCUT2D eigenvalue weighted by Gasteiger charge is -2.24. The molecule has 0 saturated heterocycles. The summed E-state index contributed by atoms with van der Waals surface area (Å²) in [7, 11) is 1.49. The van der Waals surface area contributed by atoms with Crippen molar-refractivity contribution in [1.82, 2.24) is 0 Å². The Labute approximate surface area is 546 Å². The van der Waals surface area contributed by atoms with E-state index >= 15 is 0 Å². The molecular formula is C78H147NO8P+.